The third kappa shape index (κ3) is 3.53. The Labute approximate surface area is 91.3 Å². The molecular formula is C11H21NO3. The van der Waals surface area contributed by atoms with Gasteiger partial charge in [0.25, 0.3) is 0 Å². The number of amides is 1. The van der Waals surface area contributed by atoms with E-state index in [4.69, 9.17) is 5.11 Å². The van der Waals surface area contributed by atoms with Crippen LogP contribution in [0, 0.1) is 5.92 Å². The molecule has 88 valence electrons. The monoisotopic (exact) mass is 215 g/mol. The highest BCUT2D eigenvalue weighted by molar-refractivity contribution is 5.82. The molecule has 0 saturated heterocycles. The number of rotatable bonds is 5. The molecule has 0 aliphatic rings. The lowest BCUT2D eigenvalue weighted by atomic mass is 9.96. The fourth-order valence-electron chi connectivity index (χ4n) is 1.74. The lowest BCUT2D eigenvalue weighted by molar-refractivity contribution is -0.153. The number of nitrogens with zero attached hydrogens (tertiary/aromatic N) is 1. The van der Waals surface area contributed by atoms with Gasteiger partial charge in [-0.1, -0.05) is 20.3 Å². The van der Waals surface area contributed by atoms with Crippen LogP contribution < -0.4 is 0 Å². The maximum Gasteiger partial charge on any atom is 0.326 e. The van der Waals surface area contributed by atoms with Gasteiger partial charge in [0.1, 0.15) is 6.04 Å². The zero-order chi connectivity index (χ0) is 12.2. The molecule has 0 spiro atoms. The summed E-state index contributed by atoms with van der Waals surface area (Å²) in [7, 11) is 0. The number of aliphatic carboxylic acids is 1. The molecule has 0 aliphatic heterocycles. The van der Waals surface area contributed by atoms with Crippen LogP contribution in [0.15, 0.2) is 0 Å². The maximum atomic E-state index is 11.4. The van der Waals surface area contributed by atoms with Crippen LogP contribution in [-0.2, 0) is 9.59 Å². The lowest BCUT2D eigenvalue weighted by Gasteiger charge is -2.34. The van der Waals surface area contributed by atoms with Crippen LogP contribution in [-0.4, -0.2) is 34.0 Å². The number of hydrogen-bond donors (Lipinski definition) is 1. The number of carbonyl (C=O) groups is 2. The summed E-state index contributed by atoms with van der Waals surface area (Å²) in [6, 6.07) is -0.801. The second-order valence-corrected chi connectivity index (χ2v) is 4.19. The molecule has 0 bridgehead atoms. The fraction of sp³-hybridized carbons (Fsp3) is 0.818. The summed E-state index contributed by atoms with van der Waals surface area (Å²) in [4.78, 5) is 24.0. The Morgan fingerprint density at radius 3 is 1.93 bits per heavy atom. The Balaban J connectivity index is 5.01. The van der Waals surface area contributed by atoms with Gasteiger partial charge >= 0.3 is 5.97 Å². The lowest BCUT2D eigenvalue weighted by Crippen LogP contribution is -2.51. The third-order valence-corrected chi connectivity index (χ3v) is 2.66. The van der Waals surface area contributed by atoms with E-state index in [0.717, 1.165) is 6.42 Å². The van der Waals surface area contributed by atoms with E-state index in [9.17, 15) is 9.59 Å². The van der Waals surface area contributed by atoms with Crippen molar-refractivity contribution in [3.63, 3.8) is 0 Å². The van der Waals surface area contributed by atoms with Crippen molar-refractivity contribution < 1.29 is 14.7 Å². The van der Waals surface area contributed by atoms with Crippen molar-refractivity contribution in [2.75, 3.05) is 0 Å². The van der Waals surface area contributed by atoms with E-state index in [1.807, 2.05) is 27.7 Å². The van der Waals surface area contributed by atoms with E-state index >= 15 is 0 Å². The average Bonchev–Trinajstić information content (AvgIpc) is 2.10. The first-order valence-corrected chi connectivity index (χ1v) is 5.34. The van der Waals surface area contributed by atoms with E-state index < -0.39 is 12.0 Å². The van der Waals surface area contributed by atoms with Gasteiger partial charge in [-0.2, -0.15) is 0 Å². The number of hydrogen-bond acceptors (Lipinski definition) is 2. The molecule has 0 aromatic rings. The normalized spacial score (nSPS) is 14.8. The van der Waals surface area contributed by atoms with Crippen molar-refractivity contribution in [3.05, 3.63) is 0 Å². The molecule has 0 saturated carbocycles. The topological polar surface area (TPSA) is 57.6 Å². The van der Waals surface area contributed by atoms with Crippen LogP contribution in [0.3, 0.4) is 0 Å². The molecule has 1 N–H and O–H groups in total. The predicted molar refractivity (Wildman–Crippen MR) is 58.5 cm³/mol. The first kappa shape index (κ1) is 13.9. The molecule has 0 aliphatic carbocycles. The largest absolute Gasteiger partial charge is 0.480 e. The molecule has 4 heteroatoms. The summed E-state index contributed by atoms with van der Waals surface area (Å²) in [6.45, 7) is 8.87. The van der Waals surface area contributed by atoms with E-state index in [1.54, 1.807) is 0 Å². The summed E-state index contributed by atoms with van der Waals surface area (Å²) in [5.74, 6) is -1.14. The zero-order valence-corrected chi connectivity index (χ0v) is 10.2. The minimum absolute atomic E-state index is 0.0335. The van der Waals surface area contributed by atoms with E-state index in [0.29, 0.717) is 0 Å². The summed E-state index contributed by atoms with van der Waals surface area (Å²) in [5, 5.41) is 9.15. The summed E-state index contributed by atoms with van der Waals surface area (Å²) >= 11 is 0. The van der Waals surface area contributed by atoms with Crippen LogP contribution in [0.2, 0.25) is 0 Å². The summed E-state index contributed by atoms with van der Waals surface area (Å²) in [5.41, 5.74) is 0. The van der Waals surface area contributed by atoms with Crippen molar-refractivity contribution in [3.8, 4) is 0 Å². The average molecular weight is 215 g/mol. The number of carboxylic acid groups (broad SMARTS) is 1. The van der Waals surface area contributed by atoms with Crippen molar-refractivity contribution in [2.24, 2.45) is 5.92 Å². The van der Waals surface area contributed by atoms with Gasteiger partial charge in [-0.05, 0) is 19.8 Å². The molecular weight excluding hydrogens is 194 g/mol. The minimum atomic E-state index is -0.923. The zero-order valence-electron chi connectivity index (χ0n) is 10.2. The molecule has 0 rings (SSSR count). The Morgan fingerprint density at radius 2 is 1.73 bits per heavy atom. The van der Waals surface area contributed by atoms with Crippen LogP contribution in [0.1, 0.15) is 41.0 Å². The fourth-order valence-corrected chi connectivity index (χ4v) is 1.74. The van der Waals surface area contributed by atoms with Gasteiger partial charge in [0, 0.05) is 13.0 Å². The molecule has 4 nitrogen and oxygen atoms in total. The van der Waals surface area contributed by atoms with Crippen LogP contribution >= 0.6 is 0 Å². The Kier molecular flexibility index (Phi) is 5.33. The van der Waals surface area contributed by atoms with Gasteiger partial charge in [-0.25, -0.2) is 4.79 Å². The van der Waals surface area contributed by atoms with Crippen molar-refractivity contribution in [2.45, 2.75) is 53.1 Å². The number of carboxylic acids is 1. The summed E-state index contributed by atoms with van der Waals surface area (Å²) in [6.07, 6.45) is 0.744. The molecule has 0 heterocycles. The SMILES string of the molecule is CCC(C)C(C(=O)O)N(C(C)=O)C(C)C. The quantitative estimate of drug-likeness (QED) is 0.760. The van der Waals surface area contributed by atoms with Crippen molar-refractivity contribution >= 4 is 11.9 Å². The molecule has 0 fully saturated rings. The first-order valence-electron chi connectivity index (χ1n) is 5.34. The molecule has 1 amide bonds. The molecule has 2 unspecified atom stereocenters. The Morgan fingerprint density at radius 1 is 1.27 bits per heavy atom. The van der Waals surface area contributed by atoms with Gasteiger partial charge in [0.05, 0.1) is 0 Å². The summed E-state index contributed by atoms with van der Waals surface area (Å²) < 4.78 is 0. The highest BCUT2D eigenvalue weighted by atomic mass is 16.4. The predicted octanol–water partition coefficient (Wildman–Crippen LogP) is 1.74. The molecule has 0 radical (unpaired) electrons. The van der Waals surface area contributed by atoms with Gasteiger partial charge in [0.2, 0.25) is 5.91 Å². The van der Waals surface area contributed by atoms with E-state index in [1.165, 1.54) is 11.8 Å². The smallest absolute Gasteiger partial charge is 0.326 e. The van der Waals surface area contributed by atoms with Gasteiger partial charge in [-0.15, -0.1) is 0 Å². The molecule has 0 aromatic carbocycles. The van der Waals surface area contributed by atoms with Crippen molar-refractivity contribution in [1.29, 1.82) is 0 Å². The molecule has 0 aromatic heterocycles. The Bertz CT molecular complexity index is 238. The van der Waals surface area contributed by atoms with Gasteiger partial charge < -0.3 is 10.0 Å². The van der Waals surface area contributed by atoms with E-state index in [-0.39, 0.29) is 17.9 Å². The van der Waals surface area contributed by atoms with Gasteiger partial charge in [0.15, 0.2) is 0 Å². The molecule has 15 heavy (non-hydrogen) atoms. The standard InChI is InChI=1S/C11H21NO3/c1-6-8(4)10(11(14)15)12(7(2)3)9(5)13/h7-8,10H,6H2,1-5H3,(H,14,15). The second-order valence-electron chi connectivity index (χ2n) is 4.19. The highest BCUT2D eigenvalue weighted by Gasteiger charge is 2.33. The maximum absolute atomic E-state index is 11.4. The first-order chi connectivity index (χ1) is 6.82. The van der Waals surface area contributed by atoms with Crippen LogP contribution in [0.5, 0.6) is 0 Å². The highest BCUT2D eigenvalue weighted by Crippen LogP contribution is 2.18. The van der Waals surface area contributed by atoms with Gasteiger partial charge in [-0.3, -0.25) is 4.79 Å². The van der Waals surface area contributed by atoms with Crippen LogP contribution in [0.4, 0.5) is 0 Å². The van der Waals surface area contributed by atoms with Crippen molar-refractivity contribution in [1.82, 2.24) is 4.90 Å². The Hall–Kier alpha value is -1.06. The number of carbonyl (C=O) groups excluding carboxylic acids is 1. The van der Waals surface area contributed by atoms with Crippen LogP contribution in [0.25, 0.3) is 0 Å². The third-order valence-electron chi connectivity index (χ3n) is 2.66. The molecule has 2 atom stereocenters. The minimum Gasteiger partial charge on any atom is -0.480 e. The van der Waals surface area contributed by atoms with E-state index in [2.05, 4.69) is 0 Å². The second kappa shape index (κ2) is 5.73.